The molecular weight excluding hydrogens is 464 g/mol. The Morgan fingerprint density at radius 1 is 1.00 bits per heavy atom. The quantitative estimate of drug-likeness (QED) is 0.427. The number of nitrogens with two attached hydrogens (primary N) is 1. The molecule has 36 heavy (non-hydrogen) atoms. The molecule has 1 aliphatic heterocycles. The summed E-state index contributed by atoms with van der Waals surface area (Å²) in [5.74, 6) is -0.511. The monoisotopic (exact) mass is 489 g/mol. The third-order valence-corrected chi connectivity index (χ3v) is 6.99. The highest BCUT2D eigenvalue weighted by Crippen LogP contribution is 2.64. The molecule has 0 amide bonds. The highest BCUT2D eigenvalue weighted by molar-refractivity contribution is 5.66. The van der Waals surface area contributed by atoms with E-state index in [1.54, 1.807) is 23.1 Å². The largest absolute Gasteiger partial charge is 0.368 e. The lowest BCUT2D eigenvalue weighted by Crippen LogP contribution is -2.39. The van der Waals surface area contributed by atoms with Crippen molar-refractivity contribution in [2.45, 2.75) is 25.2 Å². The first-order valence-corrected chi connectivity index (χ1v) is 11.8. The van der Waals surface area contributed by atoms with E-state index in [9.17, 15) is 8.78 Å². The molecule has 1 spiro atoms. The number of hydrogen-bond donors (Lipinski definition) is 2. The zero-order valence-electron chi connectivity index (χ0n) is 19.7. The van der Waals surface area contributed by atoms with Crippen LogP contribution in [0.15, 0.2) is 54.9 Å². The molecule has 4 heterocycles. The molecule has 1 aromatic carbocycles. The van der Waals surface area contributed by atoms with Gasteiger partial charge in [0.2, 0.25) is 11.9 Å². The minimum Gasteiger partial charge on any atom is -0.368 e. The summed E-state index contributed by atoms with van der Waals surface area (Å²) in [6.45, 7) is 1.09. The Bertz CT molecular complexity index is 1400. The number of anilines is 4. The van der Waals surface area contributed by atoms with Gasteiger partial charge >= 0.3 is 0 Å². The van der Waals surface area contributed by atoms with Crippen molar-refractivity contribution in [3.63, 3.8) is 0 Å². The third kappa shape index (κ3) is 4.00. The molecule has 9 nitrogen and oxygen atoms in total. The summed E-state index contributed by atoms with van der Waals surface area (Å²) in [6, 6.07) is 13.3. The molecule has 2 aliphatic rings. The molecule has 2 fully saturated rings. The lowest BCUT2D eigenvalue weighted by molar-refractivity contribution is 0.0575. The van der Waals surface area contributed by atoms with E-state index in [1.165, 1.54) is 0 Å². The number of piperidine rings is 1. The van der Waals surface area contributed by atoms with Crippen LogP contribution < -0.4 is 16.0 Å². The van der Waals surface area contributed by atoms with Crippen LogP contribution in [0.4, 0.5) is 32.2 Å². The number of halogens is 2. The number of pyridine rings is 1. The van der Waals surface area contributed by atoms with Gasteiger partial charge in [0.15, 0.2) is 5.82 Å². The van der Waals surface area contributed by atoms with Crippen LogP contribution in [0.5, 0.6) is 0 Å². The zero-order valence-corrected chi connectivity index (χ0v) is 19.7. The van der Waals surface area contributed by atoms with E-state index in [4.69, 9.17) is 5.73 Å². The Balaban J connectivity index is 1.15. The summed E-state index contributed by atoms with van der Waals surface area (Å²) in [7, 11) is 1.81. The molecule has 3 N–H and O–H groups in total. The maximum Gasteiger partial charge on any atom is 0.256 e. The average molecular weight is 490 g/mol. The molecule has 11 heteroatoms. The first kappa shape index (κ1) is 22.3. The molecule has 1 aliphatic carbocycles. The highest BCUT2D eigenvalue weighted by atomic mass is 19.3. The minimum absolute atomic E-state index is 0.0137. The Labute approximate surface area is 206 Å². The summed E-state index contributed by atoms with van der Waals surface area (Å²) in [5, 5.41) is 7.78. The van der Waals surface area contributed by atoms with Gasteiger partial charge in [0.05, 0.1) is 11.1 Å². The second kappa shape index (κ2) is 8.21. The van der Waals surface area contributed by atoms with E-state index in [1.807, 2.05) is 48.3 Å². The van der Waals surface area contributed by atoms with Gasteiger partial charge in [-0.1, -0.05) is 12.1 Å². The number of nitrogens with one attached hydrogen (secondary N) is 1. The molecule has 0 bridgehead atoms. The summed E-state index contributed by atoms with van der Waals surface area (Å²) >= 11 is 0. The predicted octanol–water partition coefficient (Wildman–Crippen LogP) is 4.29. The Kier molecular flexibility index (Phi) is 5.09. The second-order valence-electron chi connectivity index (χ2n) is 9.48. The van der Waals surface area contributed by atoms with Gasteiger partial charge in [0, 0.05) is 55.8 Å². The van der Waals surface area contributed by atoms with Gasteiger partial charge in [-0.25, -0.2) is 28.4 Å². The molecule has 1 saturated carbocycles. The number of nitrogens with zero attached hydrogens (tertiary/aromatic N) is 7. The van der Waals surface area contributed by atoms with Crippen molar-refractivity contribution in [2.75, 3.05) is 29.0 Å². The van der Waals surface area contributed by atoms with E-state index >= 15 is 0 Å². The number of aryl methyl sites for hydroxylation is 1. The number of alkyl halides is 2. The number of benzene rings is 1. The highest BCUT2D eigenvalue weighted by Gasteiger charge is 2.71. The van der Waals surface area contributed by atoms with Crippen LogP contribution in [-0.2, 0) is 7.05 Å². The fourth-order valence-corrected chi connectivity index (χ4v) is 4.86. The number of rotatable bonds is 5. The van der Waals surface area contributed by atoms with Crippen LogP contribution >= 0.6 is 0 Å². The van der Waals surface area contributed by atoms with Gasteiger partial charge in [0.25, 0.3) is 5.92 Å². The standard InChI is InChI=1S/C25H25F2N9/c1-35-23(31-18-6-3-16(4-7-18)19-9-11-29-22(28)32-19)33-21(34-35)17-5-8-20(30-13-17)36-12-2-10-24(15-36)14-25(24,26)27/h3-9,11,13H,2,10,12,14-15H2,1H3,(H2,28,29,32)(H,31,33,34). The molecular formula is C25H25F2N9. The van der Waals surface area contributed by atoms with Gasteiger partial charge in [0.1, 0.15) is 5.82 Å². The fraction of sp³-hybridized carbons (Fsp3) is 0.320. The van der Waals surface area contributed by atoms with Crippen molar-refractivity contribution in [1.82, 2.24) is 29.7 Å². The molecule has 4 aromatic rings. The summed E-state index contributed by atoms with van der Waals surface area (Å²) in [5.41, 5.74) is 8.07. The smallest absolute Gasteiger partial charge is 0.256 e. The van der Waals surface area contributed by atoms with Gasteiger partial charge < -0.3 is 16.0 Å². The van der Waals surface area contributed by atoms with Crippen LogP contribution in [0.25, 0.3) is 22.6 Å². The second-order valence-corrected chi connectivity index (χ2v) is 9.48. The minimum atomic E-state index is -2.54. The maximum atomic E-state index is 13.9. The van der Waals surface area contributed by atoms with E-state index in [0.717, 1.165) is 35.5 Å². The summed E-state index contributed by atoms with van der Waals surface area (Å²) in [6.07, 6.45) is 4.65. The van der Waals surface area contributed by atoms with Gasteiger partial charge in [-0.3, -0.25) is 0 Å². The Morgan fingerprint density at radius 3 is 2.47 bits per heavy atom. The molecule has 184 valence electrons. The van der Waals surface area contributed by atoms with Crippen LogP contribution in [-0.4, -0.2) is 48.7 Å². The topological polar surface area (TPSA) is 111 Å². The van der Waals surface area contributed by atoms with E-state index < -0.39 is 11.3 Å². The summed E-state index contributed by atoms with van der Waals surface area (Å²) < 4.78 is 29.4. The lowest BCUT2D eigenvalue weighted by Gasteiger charge is -2.33. The molecule has 1 unspecified atom stereocenters. The van der Waals surface area contributed by atoms with Crippen LogP contribution in [0, 0.1) is 5.41 Å². The maximum absolute atomic E-state index is 13.9. The normalized spacial score (nSPS) is 20.5. The lowest BCUT2D eigenvalue weighted by atomic mass is 9.94. The van der Waals surface area contributed by atoms with Crippen molar-refractivity contribution in [3.05, 3.63) is 54.9 Å². The molecule has 0 radical (unpaired) electrons. The first-order valence-electron chi connectivity index (χ1n) is 11.8. The number of nitrogen functional groups attached to an aromatic ring is 1. The molecule has 1 atom stereocenters. The predicted molar refractivity (Wildman–Crippen MR) is 133 cm³/mol. The summed E-state index contributed by atoms with van der Waals surface area (Å²) in [4.78, 5) is 19.3. The van der Waals surface area contributed by atoms with Crippen molar-refractivity contribution in [3.8, 4) is 22.6 Å². The van der Waals surface area contributed by atoms with Crippen LogP contribution in [0.3, 0.4) is 0 Å². The van der Waals surface area contributed by atoms with Crippen LogP contribution in [0.1, 0.15) is 19.3 Å². The van der Waals surface area contributed by atoms with Crippen molar-refractivity contribution in [1.29, 1.82) is 0 Å². The van der Waals surface area contributed by atoms with Crippen molar-refractivity contribution >= 4 is 23.4 Å². The number of hydrogen-bond acceptors (Lipinski definition) is 8. The molecule has 6 rings (SSSR count). The molecule has 1 saturated heterocycles. The van der Waals surface area contributed by atoms with E-state index in [2.05, 4.69) is 30.4 Å². The molecule has 3 aromatic heterocycles. The van der Waals surface area contributed by atoms with E-state index in [-0.39, 0.29) is 12.4 Å². The van der Waals surface area contributed by atoms with Gasteiger partial charge in [-0.15, -0.1) is 5.10 Å². The van der Waals surface area contributed by atoms with Crippen molar-refractivity contribution < 1.29 is 8.78 Å². The van der Waals surface area contributed by atoms with Crippen molar-refractivity contribution in [2.24, 2.45) is 12.5 Å². The van der Waals surface area contributed by atoms with E-state index in [0.29, 0.717) is 30.6 Å². The average Bonchev–Trinajstić information content (AvgIpc) is 3.19. The Morgan fingerprint density at radius 2 is 1.78 bits per heavy atom. The fourth-order valence-electron chi connectivity index (χ4n) is 4.86. The SMILES string of the molecule is Cn1nc(-c2ccc(N3CCCC4(C3)CC4(F)F)nc2)nc1Nc1ccc(-c2ccnc(N)n2)cc1. The zero-order chi connectivity index (χ0) is 24.9. The number of aromatic nitrogens is 6. The van der Waals surface area contributed by atoms with Crippen LogP contribution in [0.2, 0.25) is 0 Å². The van der Waals surface area contributed by atoms with Gasteiger partial charge in [-0.05, 0) is 43.2 Å². The Hall–Kier alpha value is -4.15. The third-order valence-electron chi connectivity index (χ3n) is 6.99. The van der Waals surface area contributed by atoms with Gasteiger partial charge in [-0.2, -0.15) is 4.98 Å². The first-order chi connectivity index (χ1) is 17.3.